The van der Waals surface area contributed by atoms with Crippen molar-refractivity contribution in [3.05, 3.63) is 95.3 Å². The molecule has 0 N–H and O–H groups in total. The van der Waals surface area contributed by atoms with Crippen molar-refractivity contribution in [3.63, 3.8) is 0 Å². The Morgan fingerprint density at radius 2 is 1.17 bits per heavy atom. The van der Waals surface area contributed by atoms with Crippen LogP contribution in [-0.2, 0) is 0 Å². The van der Waals surface area contributed by atoms with Gasteiger partial charge in [0.25, 0.3) is 0 Å². The SMILES string of the molecule is [2H]c1c([2H])c([2H])c(-c2ccc(-c3ccc(Br)cc3)c3ccccc23)c([2H])c1[2H]. The Bertz CT molecular complexity index is 1190. The van der Waals surface area contributed by atoms with Gasteiger partial charge in [-0.15, -0.1) is 0 Å². The molecule has 0 bridgehead atoms. The van der Waals surface area contributed by atoms with Crippen molar-refractivity contribution in [1.82, 2.24) is 0 Å². The molecule has 1 heteroatoms. The molecule has 0 aliphatic heterocycles. The Morgan fingerprint density at radius 3 is 1.78 bits per heavy atom. The van der Waals surface area contributed by atoms with Gasteiger partial charge in [0.15, 0.2) is 0 Å². The van der Waals surface area contributed by atoms with E-state index in [1.165, 1.54) is 0 Å². The fourth-order valence-electron chi connectivity index (χ4n) is 2.78. The first-order valence-corrected chi connectivity index (χ1v) is 8.04. The van der Waals surface area contributed by atoms with Gasteiger partial charge in [-0.1, -0.05) is 94.7 Å². The minimum atomic E-state index is -0.380. The van der Waals surface area contributed by atoms with E-state index in [1.807, 2.05) is 60.7 Å². The highest BCUT2D eigenvalue weighted by molar-refractivity contribution is 9.10. The molecule has 0 fully saturated rings. The first-order chi connectivity index (χ1) is 13.4. The lowest BCUT2D eigenvalue weighted by Gasteiger charge is -2.12. The van der Waals surface area contributed by atoms with E-state index in [0.29, 0.717) is 5.56 Å². The highest BCUT2D eigenvalue weighted by atomic mass is 79.9. The second kappa shape index (κ2) is 6.02. The van der Waals surface area contributed by atoms with Gasteiger partial charge in [0.05, 0.1) is 6.85 Å². The van der Waals surface area contributed by atoms with Crippen LogP contribution < -0.4 is 0 Å². The molecule has 0 aliphatic carbocycles. The zero-order valence-corrected chi connectivity index (χ0v) is 13.7. The van der Waals surface area contributed by atoms with E-state index in [2.05, 4.69) is 15.9 Å². The molecule has 0 radical (unpaired) electrons. The van der Waals surface area contributed by atoms with Crippen molar-refractivity contribution < 1.29 is 6.85 Å². The van der Waals surface area contributed by atoms with Crippen molar-refractivity contribution >= 4 is 26.7 Å². The van der Waals surface area contributed by atoms with Gasteiger partial charge in [0, 0.05) is 4.47 Å². The van der Waals surface area contributed by atoms with Crippen LogP contribution in [0.4, 0.5) is 0 Å². The minimum Gasteiger partial charge on any atom is -0.0622 e. The Balaban J connectivity index is 2.05. The predicted octanol–water partition coefficient (Wildman–Crippen LogP) is 6.94. The van der Waals surface area contributed by atoms with Crippen LogP contribution in [0.25, 0.3) is 33.0 Å². The average Bonchev–Trinajstić information content (AvgIpc) is 2.72. The van der Waals surface area contributed by atoms with Crippen molar-refractivity contribution in [3.8, 4) is 22.3 Å². The molecule has 0 aromatic heterocycles. The lowest BCUT2D eigenvalue weighted by molar-refractivity contribution is 1.61. The van der Waals surface area contributed by atoms with Crippen LogP contribution in [0.3, 0.4) is 0 Å². The molecule has 110 valence electrons. The van der Waals surface area contributed by atoms with E-state index in [1.54, 1.807) is 0 Å². The first-order valence-electron chi connectivity index (χ1n) is 9.75. The maximum atomic E-state index is 8.31. The predicted molar refractivity (Wildman–Crippen MR) is 103 cm³/mol. The van der Waals surface area contributed by atoms with Crippen molar-refractivity contribution in [2.24, 2.45) is 0 Å². The van der Waals surface area contributed by atoms with Crippen molar-refractivity contribution in [2.75, 3.05) is 0 Å². The van der Waals surface area contributed by atoms with Crippen LogP contribution in [0.2, 0.25) is 0 Å². The molecular weight excluding hydrogens is 344 g/mol. The van der Waals surface area contributed by atoms with Gasteiger partial charge in [-0.3, -0.25) is 0 Å². The van der Waals surface area contributed by atoms with E-state index in [4.69, 9.17) is 6.85 Å². The summed E-state index contributed by atoms with van der Waals surface area (Å²) in [6, 6.07) is 18.1. The first kappa shape index (κ1) is 9.69. The molecule has 23 heavy (non-hydrogen) atoms. The fraction of sp³-hybridized carbons (Fsp3) is 0. The number of halogens is 1. The molecule has 0 saturated heterocycles. The molecule has 0 heterocycles. The zero-order chi connectivity index (χ0) is 20.0. The van der Waals surface area contributed by atoms with E-state index in [-0.39, 0.29) is 35.8 Å². The van der Waals surface area contributed by atoms with Gasteiger partial charge in [0.1, 0.15) is 0 Å². The summed E-state index contributed by atoms with van der Waals surface area (Å²) in [7, 11) is 0. The quantitative estimate of drug-likeness (QED) is 0.361. The van der Waals surface area contributed by atoms with Crippen LogP contribution in [0.15, 0.2) is 95.3 Å². The molecule has 0 spiro atoms. The fourth-order valence-corrected chi connectivity index (χ4v) is 3.05. The normalized spacial score (nSPS) is 13.9. The van der Waals surface area contributed by atoms with Gasteiger partial charge in [0.2, 0.25) is 0 Å². The number of hydrogen-bond donors (Lipinski definition) is 0. The number of rotatable bonds is 2. The van der Waals surface area contributed by atoms with Crippen LogP contribution in [0.5, 0.6) is 0 Å². The second-order valence-corrected chi connectivity index (χ2v) is 6.13. The molecule has 0 aliphatic rings. The summed E-state index contributed by atoms with van der Waals surface area (Å²) < 4.78 is 41.4. The Kier molecular flexibility index (Phi) is 2.54. The van der Waals surface area contributed by atoms with E-state index in [0.717, 1.165) is 26.4 Å². The Morgan fingerprint density at radius 1 is 0.609 bits per heavy atom. The van der Waals surface area contributed by atoms with Gasteiger partial charge in [-0.25, -0.2) is 0 Å². The minimum absolute atomic E-state index is 0.187. The largest absolute Gasteiger partial charge is 0.0629 e. The molecular formula is C22H15Br. The van der Waals surface area contributed by atoms with Gasteiger partial charge in [-0.2, -0.15) is 0 Å². The van der Waals surface area contributed by atoms with Crippen molar-refractivity contribution in [1.29, 1.82) is 0 Å². The molecule has 0 saturated carbocycles. The van der Waals surface area contributed by atoms with Crippen molar-refractivity contribution in [2.45, 2.75) is 0 Å². The summed E-state index contributed by atoms with van der Waals surface area (Å²) in [5.74, 6) is 0. The highest BCUT2D eigenvalue weighted by Gasteiger charge is 2.08. The molecule has 4 aromatic rings. The third-order valence-electron chi connectivity index (χ3n) is 3.85. The molecule has 0 atom stereocenters. The summed E-state index contributed by atoms with van der Waals surface area (Å²) >= 11 is 3.45. The number of hydrogen-bond acceptors (Lipinski definition) is 0. The van der Waals surface area contributed by atoms with Crippen LogP contribution in [0.1, 0.15) is 6.85 Å². The monoisotopic (exact) mass is 363 g/mol. The van der Waals surface area contributed by atoms with E-state index >= 15 is 0 Å². The molecule has 4 aromatic carbocycles. The average molecular weight is 364 g/mol. The summed E-state index contributed by atoms with van der Waals surface area (Å²) in [5, 5.41) is 1.82. The number of benzene rings is 4. The van der Waals surface area contributed by atoms with Gasteiger partial charge in [-0.05, 0) is 45.2 Å². The second-order valence-electron chi connectivity index (χ2n) is 5.21. The Labute approximate surface area is 151 Å². The smallest absolute Gasteiger partial charge is 0.0622 e. The maximum absolute atomic E-state index is 8.31. The molecule has 0 amide bonds. The summed E-state index contributed by atoms with van der Waals surface area (Å²) in [6.45, 7) is 0. The highest BCUT2D eigenvalue weighted by Crippen LogP contribution is 2.35. The summed E-state index contributed by atoms with van der Waals surface area (Å²) in [5.41, 5.74) is 2.93. The summed E-state index contributed by atoms with van der Waals surface area (Å²) in [6.07, 6.45) is 0. The van der Waals surface area contributed by atoms with Crippen LogP contribution in [0, 0.1) is 0 Å². The summed E-state index contributed by atoms with van der Waals surface area (Å²) in [4.78, 5) is 0. The standard InChI is InChI=1S/C22H15Br/c23-18-12-10-17(11-13-18)20-15-14-19(16-6-2-1-3-7-16)21-8-4-5-9-22(20)21/h1-15H/i1D,2D,3D,6D,7D. The lowest BCUT2D eigenvalue weighted by Crippen LogP contribution is -1.85. The van der Waals surface area contributed by atoms with E-state index in [9.17, 15) is 0 Å². The zero-order valence-electron chi connectivity index (χ0n) is 17.2. The van der Waals surface area contributed by atoms with Gasteiger partial charge >= 0.3 is 0 Å². The van der Waals surface area contributed by atoms with Crippen LogP contribution >= 0.6 is 15.9 Å². The van der Waals surface area contributed by atoms with Crippen LogP contribution in [-0.4, -0.2) is 0 Å². The molecule has 0 nitrogen and oxygen atoms in total. The Hall–Kier alpha value is -2.38. The molecule has 0 unspecified atom stereocenters. The topological polar surface area (TPSA) is 0 Å². The third-order valence-corrected chi connectivity index (χ3v) is 4.38. The number of fused-ring (bicyclic) bond motifs is 1. The maximum Gasteiger partial charge on any atom is 0.0629 e. The lowest BCUT2D eigenvalue weighted by atomic mass is 9.92. The van der Waals surface area contributed by atoms with E-state index < -0.39 is 0 Å². The third kappa shape index (κ3) is 2.69. The molecule has 4 rings (SSSR count). The van der Waals surface area contributed by atoms with Gasteiger partial charge < -0.3 is 0 Å².